The summed E-state index contributed by atoms with van der Waals surface area (Å²) in [6.45, 7) is 0. The SMILES string of the molecule is N#CNC(=O)NC12CC3CC(CC(C3)C1)C2. The zero-order valence-corrected chi connectivity index (χ0v) is 9.33. The number of nitrogens with one attached hydrogen (secondary N) is 2. The Kier molecular flexibility index (Phi) is 2.10. The van der Waals surface area contributed by atoms with Gasteiger partial charge in [-0.1, -0.05) is 0 Å². The van der Waals surface area contributed by atoms with E-state index in [0.29, 0.717) is 0 Å². The Morgan fingerprint density at radius 1 is 1.12 bits per heavy atom. The molecule has 4 fully saturated rings. The highest BCUT2D eigenvalue weighted by Gasteiger charge is 2.51. The molecule has 0 aromatic carbocycles. The van der Waals surface area contributed by atoms with Gasteiger partial charge in [-0.05, 0) is 56.3 Å². The van der Waals surface area contributed by atoms with Crippen LogP contribution in [0.25, 0.3) is 0 Å². The van der Waals surface area contributed by atoms with Crippen molar-refractivity contribution < 1.29 is 4.79 Å². The molecule has 0 radical (unpaired) electrons. The van der Waals surface area contributed by atoms with E-state index in [1.807, 2.05) is 0 Å². The number of nitrogens with zero attached hydrogens (tertiary/aromatic N) is 1. The largest absolute Gasteiger partial charge is 0.332 e. The lowest BCUT2D eigenvalue weighted by Gasteiger charge is -2.56. The lowest BCUT2D eigenvalue weighted by Crippen LogP contribution is -2.61. The van der Waals surface area contributed by atoms with E-state index in [4.69, 9.17) is 5.26 Å². The second-order valence-corrected chi connectivity index (χ2v) is 5.89. The Morgan fingerprint density at radius 3 is 2.06 bits per heavy atom. The van der Waals surface area contributed by atoms with E-state index in [-0.39, 0.29) is 11.6 Å². The number of hydrogen-bond acceptors (Lipinski definition) is 2. The van der Waals surface area contributed by atoms with Crippen LogP contribution in [0, 0.1) is 29.2 Å². The molecule has 2 N–H and O–H groups in total. The van der Waals surface area contributed by atoms with Gasteiger partial charge in [-0.15, -0.1) is 0 Å². The fourth-order valence-corrected chi connectivity index (χ4v) is 4.59. The van der Waals surface area contributed by atoms with E-state index in [9.17, 15) is 4.79 Å². The van der Waals surface area contributed by atoms with Gasteiger partial charge >= 0.3 is 6.03 Å². The van der Waals surface area contributed by atoms with Crippen molar-refractivity contribution in [1.29, 1.82) is 5.26 Å². The van der Waals surface area contributed by atoms with E-state index >= 15 is 0 Å². The molecule has 0 aromatic rings. The Bertz CT molecular complexity index is 322. The molecule has 4 aliphatic carbocycles. The van der Waals surface area contributed by atoms with Gasteiger partial charge < -0.3 is 5.32 Å². The van der Waals surface area contributed by atoms with Crippen LogP contribution >= 0.6 is 0 Å². The first-order chi connectivity index (χ1) is 7.69. The van der Waals surface area contributed by atoms with E-state index in [1.54, 1.807) is 6.19 Å². The second kappa shape index (κ2) is 3.38. The Hall–Kier alpha value is -1.24. The third-order valence-electron chi connectivity index (χ3n) is 4.59. The van der Waals surface area contributed by atoms with Gasteiger partial charge in [-0.3, -0.25) is 0 Å². The topological polar surface area (TPSA) is 64.9 Å². The number of carbonyl (C=O) groups is 1. The van der Waals surface area contributed by atoms with Gasteiger partial charge in [0.05, 0.1) is 0 Å². The van der Waals surface area contributed by atoms with Crippen molar-refractivity contribution in [3.8, 4) is 6.19 Å². The van der Waals surface area contributed by atoms with Crippen molar-refractivity contribution in [2.45, 2.75) is 44.1 Å². The molecule has 0 unspecified atom stereocenters. The Balaban J connectivity index is 1.74. The molecule has 4 saturated carbocycles. The number of nitriles is 1. The minimum absolute atomic E-state index is 0.00961. The molecule has 4 heteroatoms. The monoisotopic (exact) mass is 219 g/mol. The molecule has 0 saturated heterocycles. The first kappa shape index (κ1) is 9.95. The molecule has 4 bridgehead atoms. The van der Waals surface area contributed by atoms with Crippen LogP contribution in [0.2, 0.25) is 0 Å². The molecule has 0 aromatic heterocycles. The minimum atomic E-state index is -0.315. The average molecular weight is 219 g/mol. The zero-order valence-electron chi connectivity index (χ0n) is 9.33. The summed E-state index contributed by atoms with van der Waals surface area (Å²) in [5, 5.41) is 13.7. The van der Waals surface area contributed by atoms with Crippen LogP contribution in [-0.4, -0.2) is 11.6 Å². The molecule has 16 heavy (non-hydrogen) atoms. The first-order valence-corrected chi connectivity index (χ1v) is 6.16. The molecule has 2 amide bonds. The molecular formula is C12H17N3O. The van der Waals surface area contributed by atoms with Gasteiger partial charge in [0.1, 0.15) is 0 Å². The third kappa shape index (κ3) is 1.55. The summed E-state index contributed by atoms with van der Waals surface area (Å²) in [4.78, 5) is 11.5. The summed E-state index contributed by atoms with van der Waals surface area (Å²) in [7, 11) is 0. The standard InChI is InChI=1S/C12H17N3O/c13-7-14-11(16)15-12-4-8-1-9(5-12)3-10(2-8)6-12/h8-10H,1-6H2,(H2,14,15,16). The van der Waals surface area contributed by atoms with Crippen molar-refractivity contribution in [1.82, 2.24) is 10.6 Å². The molecule has 0 aliphatic heterocycles. The Morgan fingerprint density at radius 2 is 1.62 bits per heavy atom. The van der Waals surface area contributed by atoms with Crippen molar-refractivity contribution in [3.05, 3.63) is 0 Å². The number of amides is 2. The van der Waals surface area contributed by atoms with Crippen LogP contribution in [0.3, 0.4) is 0 Å². The van der Waals surface area contributed by atoms with E-state index < -0.39 is 0 Å². The summed E-state index contributed by atoms with van der Waals surface area (Å²) < 4.78 is 0. The number of hydrogen-bond donors (Lipinski definition) is 2. The van der Waals surface area contributed by atoms with Crippen molar-refractivity contribution >= 4 is 6.03 Å². The van der Waals surface area contributed by atoms with Gasteiger partial charge in [0.25, 0.3) is 0 Å². The fraction of sp³-hybridized carbons (Fsp3) is 0.833. The smallest absolute Gasteiger partial charge is 0.328 e. The highest BCUT2D eigenvalue weighted by Crippen LogP contribution is 2.55. The van der Waals surface area contributed by atoms with Crippen molar-refractivity contribution in [2.75, 3.05) is 0 Å². The minimum Gasteiger partial charge on any atom is -0.332 e. The Labute approximate surface area is 95.4 Å². The van der Waals surface area contributed by atoms with Gasteiger partial charge in [-0.25, -0.2) is 10.1 Å². The van der Waals surface area contributed by atoms with Crippen LogP contribution in [0.4, 0.5) is 4.79 Å². The molecule has 0 atom stereocenters. The fourth-order valence-electron chi connectivity index (χ4n) is 4.59. The van der Waals surface area contributed by atoms with Crippen LogP contribution in [0.5, 0.6) is 0 Å². The highest BCUT2D eigenvalue weighted by molar-refractivity contribution is 5.76. The van der Waals surface area contributed by atoms with E-state index in [1.165, 1.54) is 19.3 Å². The predicted octanol–water partition coefficient (Wildman–Crippen LogP) is 1.74. The second-order valence-electron chi connectivity index (χ2n) is 5.89. The van der Waals surface area contributed by atoms with E-state index in [0.717, 1.165) is 37.0 Å². The maximum absolute atomic E-state index is 11.5. The van der Waals surface area contributed by atoms with Gasteiger partial charge in [0.2, 0.25) is 0 Å². The van der Waals surface area contributed by atoms with Crippen molar-refractivity contribution in [3.63, 3.8) is 0 Å². The zero-order chi connectivity index (χ0) is 11.2. The predicted molar refractivity (Wildman–Crippen MR) is 58.2 cm³/mol. The summed E-state index contributed by atoms with van der Waals surface area (Å²) >= 11 is 0. The third-order valence-corrected chi connectivity index (χ3v) is 4.59. The first-order valence-electron chi connectivity index (χ1n) is 6.16. The van der Waals surface area contributed by atoms with Crippen molar-refractivity contribution in [2.24, 2.45) is 17.8 Å². The van der Waals surface area contributed by atoms with E-state index in [2.05, 4.69) is 10.6 Å². The lowest BCUT2D eigenvalue weighted by atomic mass is 9.53. The number of urea groups is 1. The summed E-state index contributed by atoms with van der Waals surface area (Å²) in [6.07, 6.45) is 9.14. The highest BCUT2D eigenvalue weighted by atomic mass is 16.2. The van der Waals surface area contributed by atoms with Crippen LogP contribution in [-0.2, 0) is 0 Å². The van der Waals surface area contributed by atoms with Gasteiger partial charge in [-0.2, -0.15) is 5.26 Å². The van der Waals surface area contributed by atoms with Crippen LogP contribution < -0.4 is 10.6 Å². The average Bonchev–Trinajstić information content (AvgIpc) is 2.13. The maximum Gasteiger partial charge on any atom is 0.328 e. The summed E-state index contributed by atoms with van der Waals surface area (Å²) in [6, 6.07) is -0.315. The van der Waals surface area contributed by atoms with Gasteiger partial charge in [0.15, 0.2) is 6.19 Å². The number of carbonyl (C=O) groups excluding carboxylic acids is 1. The maximum atomic E-state index is 11.5. The molecule has 4 aliphatic rings. The van der Waals surface area contributed by atoms with Crippen LogP contribution in [0.1, 0.15) is 38.5 Å². The molecule has 4 nitrogen and oxygen atoms in total. The number of rotatable bonds is 1. The molecular weight excluding hydrogens is 202 g/mol. The van der Waals surface area contributed by atoms with Crippen LogP contribution in [0.15, 0.2) is 0 Å². The summed E-state index contributed by atoms with van der Waals surface area (Å²) in [5.74, 6) is 2.44. The molecule has 0 heterocycles. The molecule has 0 spiro atoms. The molecule has 86 valence electrons. The van der Waals surface area contributed by atoms with Gasteiger partial charge in [0, 0.05) is 5.54 Å². The molecule has 4 rings (SSSR count). The quantitative estimate of drug-likeness (QED) is 0.521. The lowest BCUT2D eigenvalue weighted by molar-refractivity contribution is -0.0133. The summed E-state index contributed by atoms with van der Waals surface area (Å²) in [5.41, 5.74) is 0.00961. The normalized spacial score (nSPS) is 43.8.